The van der Waals surface area contributed by atoms with Gasteiger partial charge in [-0.05, 0) is 6.72 Å². The van der Waals surface area contributed by atoms with Crippen LogP contribution in [0.3, 0.4) is 0 Å². The van der Waals surface area contributed by atoms with Crippen LogP contribution < -0.4 is 0 Å². The molecule has 1 aromatic carbocycles. The number of phenols is 1. The lowest BCUT2D eigenvalue weighted by Crippen LogP contribution is -1.85. The molecule has 0 amide bonds. The summed E-state index contributed by atoms with van der Waals surface area (Å²) in [6.07, 6.45) is 1.56. The summed E-state index contributed by atoms with van der Waals surface area (Å²) in [5.74, 6) is -0.0583. The van der Waals surface area contributed by atoms with Crippen LogP contribution in [0.15, 0.2) is 28.9 Å². The third-order valence-corrected chi connectivity index (χ3v) is 1.88. The summed E-state index contributed by atoms with van der Waals surface area (Å²) in [7, 11) is 0. The first-order valence-corrected chi connectivity index (χ1v) is 3.97. The van der Waals surface area contributed by atoms with Crippen molar-refractivity contribution in [1.82, 2.24) is 0 Å². The summed E-state index contributed by atoms with van der Waals surface area (Å²) >= 11 is 0. The molecular formula is C10H10N2O2. The predicted molar refractivity (Wildman–Crippen MR) is 56.9 cm³/mol. The Morgan fingerprint density at radius 2 is 2.21 bits per heavy atom. The van der Waals surface area contributed by atoms with Crippen LogP contribution in [0.1, 0.15) is 11.1 Å². The fourth-order valence-electron chi connectivity index (χ4n) is 1.17. The van der Waals surface area contributed by atoms with Gasteiger partial charge in [0.25, 0.3) is 0 Å². The van der Waals surface area contributed by atoms with E-state index in [1.807, 2.05) is 0 Å². The van der Waals surface area contributed by atoms with Crippen LogP contribution in [0, 0.1) is 4.91 Å². The second-order valence-corrected chi connectivity index (χ2v) is 2.66. The topological polar surface area (TPSA) is 62.0 Å². The number of hydrogen-bond donors (Lipinski definition) is 1. The van der Waals surface area contributed by atoms with Crippen LogP contribution in [0.25, 0.3) is 6.08 Å². The lowest BCUT2D eigenvalue weighted by Gasteiger charge is -2.06. The Hall–Kier alpha value is -1.97. The largest absolute Gasteiger partial charge is 0.505 e. The van der Waals surface area contributed by atoms with E-state index in [4.69, 9.17) is 0 Å². The molecule has 0 spiro atoms. The van der Waals surface area contributed by atoms with E-state index in [-0.39, 0.29) is 12.3 Å². The molecule has 0 heterocycles. The van der Waals surface area contributed by atoms with Crippen molar-refractivity contribution in [2.24, 2.45) is 10.2 Å². The smallest absolute Gasteiger partial charge is 0.146 e. The average Bonchev–Trinajstić information content (AvgIpc) is 2.21. The maximum absolute atomic E-state index is 10.1. The molecule has 0 radical (unpaired) electrons. The van der Waals surface area contributed by atoms with Crippen molar-refractivity contribution in [3.63, 3.8) is 0 Å². The molecule has 0 saturated carbocycles. The maximum atomic E-state index is 10.1. The van der Waals surface area contributed by atoms with Crippen molar-refractivity contribution in [2.45, 2.75) is 6.54 Å². The fourth-order valence-corrected chi connectivity index (χ4v) is 1.17. The minimum absolute atomic E-state index is 0.0583. The third kappa shape index (κ3) is 1.69. The molecule has 1 rings (SSSR count). The first-order valence-electron chi connectivity index (χ1n) is 3.97. The van der Waals surface area contributed by atoms with Gasteiger partial charge in [-0.25, -0.2) is 0 Å². The standard InChI is InChI=1S/C10H10N2O2/c1-3-7-4-5-8(6-12-14)10(13)9(7)11-2/h3-5,13H,1-2,6H2. The van der Waals surface area contributed by atoms with Gasteiger partial charge in [0.05, 0.1) is 0 Å². The van der Waals surface area contributed by atoms with E-state index in [1.165, 1.54) is 0 Å². The quantitative estimate of drug-likeness (QED) is 0.586. The number of nitrogens with zero attached hydrogens (tertiary/aromatic N) is 2. The molecule has 0 fully saturated rings. The highest BCUT2D eigenvalue weighted by molar-refractivity contribution is 5.72. The van der Waals surface area contributed by atoms with E-state index in [0.717, 1.165) is 0 Å². The van der Waals surface area contributed by atoms with E-state index in [2.05, 4.69) is 23.5 Å². The van der Waals surface area contributed by atoms with Crippen molar-refractivity contribution in [2.75, 3.05) is 0 Å². The molecule has 0 aliphatic rings. The lowest BCUT2D eigenvalue weighted by atomic mass is 10.1. The second-order valence-electron chi connectivity index (χ2n) is 2.66. The van der Waals surface area contributed by atoms with Gasteiger partial charge in [0.1, 0.15) is 18.0 Å². The maximum Gasteiger partial charge on any atom is 0.146 e. The van der Waals surface area contributed by atoms with Crippen molar-refractivity contribution in [1.29, 1.82) is 0 Å². The van der Waals surface area contributed by atoms with Crippen LogP contribution >= 0.6 is 0 Å². The van der Waals surface area contributed by atoms with Crippen molar-refractivity contribution in [3.8, 4) is 5.75 Å². The van der Waals surface area contributed by atoms with Crippen LogP contribution in [-0.4, -0.2) is 11.8 Å². The van der Waals surface area contributed by atoms with E-state index in [9.17, 15) is 10.0 Å². The van der Waals surface area contributed by atoms with Gasteiger partial charge in [-0.1, -0.05) is 30.0 Å². The number of benzene rings is 1. The molecule has 4 heteroatoms. The molecule has 14 heavy (non-hydrogen) atoms. The van der Waals surface area contributed by atoms with Gasteiger partial charge in [-0.15, -0.1) is 0 Å². The molecule has 0 bridgehead atoms. The second kappa shape index (κ2) is 4.32. The molecular weight excluding hydrogens is 180 g/mol. The summed E-state index contributed by atoms with van der Waals surface area (Å²) in [6.45, 7) is 6.83. The normalized spacial score (nSPS) is 9.43. The minimum Gasteiger partial charge on any atom is -0.505 e. The first kappa shape index (κ1) is 10.1. The summed E-state index contributed by atoms with van der Waals surface area (Å²) in [5, 5.41) is 12.4. The summed E-state index contributed by atoms with van der Waals surface area (Å²) < 4.78 is 0. The average molecular weight is 190 g/mol. The van der Waals surface area contributed by atoms with Crippen molar-refractivity contribution < 1.29 is 5.11 Å². The van der Waals surface area contributed by atoms with E-state index in [1.54, 1.807) is 18.2 Å². The summed E-state index contributed by atoms with van der Waals surface area (Å²) in [4.78, 5) is 13.7. The minimum atomic E-state index is -0.0776. The van der Waals surface area contributed by atoms with Crippen molar-refractivity contribution >= 4 is 18.5 Å². The van der Waals surface area contributed by atoms with Gasteiger partial charge in [-0.3, -0.25) is 4.99 Å². The molecule has 0 aliphatic carbocycles. The van der Waals surface area contributed by atoms with Gasteiger partial charge in [0, 0.05) is 11.1 Å². The Balaban J connectivity index is 3.33. The monoisotopic (exact) mass is 190 g/mol. The van der Waals surface area contributed by atoms with E-state index >= 15 is 0 Å². The molecule has 1 N–H and O–H groups in total. The zero-order valence-electron chi connectivity index (χ0n) is 7.60. The Bertz CT molecular complexity index is 386. The Morgan fingerprint density at radius 3 is 2.71 bits per heavy atom. The Labute approximate surface area is 81.6 Å². The third-order valence-electron chi connectivity index (χ3n) is 1.88. The molecule has 72 valence electrons. The molecule has 0 atom stereocenters. The molecule has 0 saturated heterocycles. The Kier molecular flexibility index (Phi) is 3.12. The SMILES string of the molecule is C=Cc1ccc(CN=O)c(O)c1N=C. The number of aromatic hydroxyl groups is 1. The highest BCUT2D eigenvalue weighted by Crippen LogP contribution is 2.34. The van der Waals surface area contributed by atoms with Crippen LogP contribution in [-0.2, 0) is 6.54 Å². The number of aliphatic imine (C=N–C) groups is 1. The zero-order valence-corrected chi connectivity index (χ0v) is 7.60. The number of nitroso groups, excluding NO2 is 1. The highest BCUT2D eigenvalue weighted by atomic mass is 16.3. The highest BCUT2D eigenvalue weighted by Gasteiger charge is 2.09. The number of rotatable bonds is 4. The van der Waals surface area contributed by atoms with Gasteiger partial charge < -0.3 is 5.11 Å². The molecule has 0 aliphatic heterocycles. The van der Waals surface area contributed by atoms with E-state index in [0.29, 0.717) is 16.8 Å². The summed E-state index contributed by atoms with van der Waals surface area (Å²) in [5.41, 5.74) is 1.45. The fraction of sp³-hybridized carbons (Fsp3) is 0.100. The predicted octanol–water partition coefficient (Wildman–Crippen LogP) is 2.63. The van der Waals surface area contributed by atoms with E-state index < -0.39 is 0 Å². The number of hydrogen-bond acceptors (Lipinski definition) is 4. The molecule has 1 aromatic rings. The number of phenolic OH excluding ortho intramolecular Hbond substituents is 1. The first-order chi connectivity index (χ1) is 6.74. The zero-order chi connectivity index (χ0) is 10.6. The van der Waals surface area contributed by atoms with Gasteiger partial charge in [-0.2, -0.15) is 4.91 Å². The molecule has 0 aromatic heterocycles. The lowest BCUT2D eigenvalue weighted by molar-refractivity contribution is 0.470. The van der Waals surface area contributed by atoms with Crippen molar-refractivity contribution in [3.05, 3.63) is 34.7 Å². The van der Waals surface area contributed by atoms with Gasteiger partial charge >= 0.3 is 0 Å². The summed E-state index contributed by atoms with van der Waals surface area (Å²) in [6, 6.07) is 3.32. The van der Waals surface area contributed by atoms with Gasteiger partial charge in [0.15, 0.2) is 0 Å². The Morgan fingerprint density at radius 1 is 1.50 bits per heavy atom. The molecule has 0 unspecified atom stereocenters. The van der Waals surface area contributed by atoms with Gasteiger partial charge in [0.2, 0.25) is 0 Å². The van der Waals surface area contributed by atoms with Crippen LogP contribution in [0.4, 0.5) is 5.69 Å². The van der Waals surface area contributed by atoms with Crippen LogP contribution in [0.5, 0.6) is 5.75 Å². The molecule has 4 nitrogen and oxygen atoms in total. The van der Waals surface area contributed by atoms with Crippen LogP contribution in [0.2, 0.25) is 0 Å².